The van der Waals surface area contributed by atoms with Crippen molar-refractivity contribution < 1.29 is 13.9 Å². The predicted molar refractivity (Wildman–Crippen MR) is 123 cm³/mol. The van der Waals surface area contributed by atoms with Crippen LogP contribution in [0.25, 0.3) is 10.9 Å². The molecule has 8 nitrogen and oxygen atoms in total. The molecule has 1 amide bonds. The number of hydrogen-bond donors (Lipinski definition) is 4. The fraction of sp³-hybridized carbons (Fsp3) is 0.348. The molecule has 6 N–H and O–H groups in total. The Hall–Kier alpha value is -3.46. The molecule has 9 heteroatoms. The molecule has 0 aliphatic heterocycles. The minimum atomic E-state index is -0.774. The lowest BCUT2D eigenvalue weighted by Gasteiger charge is -2.30. The summed E-state index contributed by atoms with van der Waals surface area (Å²) in [6.07, 6.45) is 3.79. The quantitative estimate of drug-likeness (QED) is 0.443. The van der Waals surface area contributed by atoms with Crippen molar-refractivity contribution in [2.75, 3.05) is 17.2 Å². The van der Waals surface area contributed by atoms with Gasteiger partial charge in [-0.3, -0.25) is 4.79 Å². The first kappa shape index (κ1) is 21.8. The summed E-state index contributed by atoms with van der Waals surface area (Å²) in [6.45, 7) is 2.43. The first-order valence-electron chi connectivity index (χ1n) is 10.8. The van der Waals surface area contributed by atoms with Gasteiger partial charge in [0.25, 0.3) is 5.91 Å². The Kier molecular flexibility index (Phi) is 6.36. The van der Waals surface area contributed by atoms with Crippen molar-refractivity contribution in [3.63, 3.8) is 0 Å². The molecule has 32 heavy (non-hydrogen) atoms. The molecule has 2 aromatic heterocycles. The summed E-state index contributed by atoms with van der Waals surface area (Å²) >= 11 is 0. The van der Waals surface area contributed by atoms with Crippen molar-refractivity contribution in [2.45, 2.75) is 44.7 Å². The predicted octanol–water partition coefficient (Wildman–Crippen LogP) is 3.69. The molecule has 0 spiro atoms. The van der Waals surface area contributed by atoms with Gasteiger partial charge in [-0.15, -0.1) is 0 Å². The zero-order valence-electron chi connectivity index (χ0n) is 17.9. The number of nitrogens with one attached hydrogen (secondary N) is 2. The van der Waals surface area contributed by atoms with E-state index in [2.05, 4.69) is 20.6 Å². The Bertz CT molecular complexity index is 1140. The molecule has 2 unspecified atom stereocenters. The van der Waals surface area contributed by atoms with Crippen LogP contribution in [0.15, 0.2) is 36.4 Å². The topological polar surface area (TPSA) is 128 Å². The van der Waals surface area contributed by atoms with Crippen LogP contribution in [-0.2, 0) is 0 Å². The van der Waals surface area contributed by atoms with Crippen LogP contribution in [0.2, 0.25) is 0 Å². The number of hydrogen-bond acceptors (Lipinski definition) is 7. The van der Waals surface area contributed by atoms with Crippen LogP contribution in [-0.4, -0.2) is 34.6 Å². The standard InChI is InChI=1S/C23H27FN6O2/c1-2-32-20-10-7-13-11-14(8-9-18(13)28-20)27-22-15(21(26)31)12-16(24)23(30-22)29-19-6-4-3-5-17(19)25/h7-12,17,19H,2-6,25H2,1H3,(H2,26,31)(H2,27,29,30). The number of pyridine rings is 2. The Morgan fingerprint density at radius 2 is 1.97 bits per heavy atom. The molecule has 168 valence electrons. The van der Waals surface area contributed by atoms with Gasteiger partial charge < -0.3 is 26.8 Å². The fourth-order valence-corrected chi connectivity index (χ4v) is 3.94. The number of aromatic nitrogens is 2. The highest BCUT2D eigenvalue weighted by molar-refractivity contribution is 5.99. The maximum atomic E-state index is 14.7. The van der Waals surface area contributed by atoms with Gasteiger partial charge in [0.05, 0.1) is 17.7 Å². The normalized spacial score (nSPS) is 18.3. The molecule has 2 heterocycles. The van der Waals surface area contributed by atoms with Crippen LogP contribution in [0.3, 0.4) is 0 Å². The molecular formula is C23H27FN6O2. The average Bonchev–Trinajstić information content (AvgIpc) is 2.77. The minimum absolute atomic E-state index is 0.0362. The van der Waals surface area contributed by atoms with Crippen molar-refractivity contribution in [3.8, 4) is 5.88 Å². The van der Waals surface area contributed by atoms with Gasteiger partial charge in [0.1, 0.15) is 5.82 Å². The van der Waals surface area contributed by atoms with E-state index in [1.54, 1.807) is 12.1 Å². The van der Waals surface area contributed by atoms with Crippen molar-refractivity contribution in [1.82, 2.24) is 9.97 Å². The van der Waals surface area contributed by atoms with Gasteiger partial charge in [-0.25, -0.2) is 14.4 Å². The van der Waals surface area contributed by atoms with Crippen LogP contribution in [0.1, 0.15) is 43.0 Å². The van der Waals surface area contributed by atoms with Gasteiger partial charge in [0, 0.05) is 29.2 Å². The fourth-order valence-electron chi connectivity index (χ4n) is 3.94. The monoisotopic (exact) mass is 438 g/mol. The van der Waals surface area contributed by atoms with Crippen LogP contribution in [0, 0.1) is 5.82 Å². The highest BCUT2D eigenvalue weighted by Crippen LogP contribution is 2.28. The molecule has 1 aliphatic rings. The number of benzene rings is 1. The molecule has 0 saturated heterocycles. The van der Waals surface area contributed by atoms with E-state index in [4.69, 9.17) is 16.2 Å². The Balaban J connectivity index is 1.64. The van der Waals surface area contributed by atoms with Gasteiger partial charge in [-0.2, -0.15) is 0 Å². The third kappa shape index (κ3) is 4.72. The number of primary amides is 1. The number of carbonyl (C=O) groups is 1. The lowest BCUT2D eigenvalue weighted by atomic mass is 9.91. The van der Waals surface area contributed by atoms with E-state index in [0.29, 0.717) is 18.2 Å². The highest BCUT2D eigenvalue weighted by atomic mass is 19.1. The molecular weight excluding hydrogens is 411 g/mol. The number of ether oxygens (including phenoxy) is 1. The van der Waals surface area contributed by atoms with E-state index in [1.807, 2.05) is 25.1 Å². The molecule has 2 atom stereocenters. The number of nitrogens with two attached hydrogens (primary N) is 2. The number of rotatable bonds is 7. The Labute approximate surface area is 185 Å². The van der Waals surface area contributed by atoms with Crippen LogP contribution in [0.5, 0.6) is 5.88 Å². The second-order valence-electron chi connectivity index (χ2n) is 7.89. The maximum absolute atomic E-state index is 14.7. The smallest absolute Gasteiger partial charge is 0.252 e. The Morgan fingerprint density at radius 1 is 1.16 bits per heavy atom. The first-order valence-corrected chi connectivity index (χ1v) is 10.8. The zero-order valence-corrected chi connectivity index (χ0v) is 17.9. The maximum Gasteiger partial charge on any atom is 0.252 e. The first-order chi connectivity index (χ1) is 15.4. The van der Waals surface area contributed by atoms with E-state index in [9.17, 15) is 9.18 Å². The van der Waals surface area contributed by atoms with Gasteiger partial charge in [-0.05, 0) is 50.1 Å². The van der Waals surface area contributed by atoms with Gasteiger partial charge in [0.15, 0.2) is 11.6 Å². The lowest BCUT2D eigenvalue weighted by Crippen LogP contribution is -2.43. The second kappa shape index (κ2) is 9.35. The van der Waals surface area contributed by atoms with Crippen molar-refractivity contribution >= 4 is 34.1 Å². The van der Waals surface area contributed by atoms with Gasteiger partial charge in [-0.1, -0.05) is 12.8 Å². The van der Waals surface area contributed by atoms with Crippen LogP contribution < -0.4 is 26.8 Å². The van der Waals surface area contributed by atoms with Crippen molar-refractivity contribution in [3.05, 3.63) is 47.8 Å². The highest BCUT2D eigenvalue weighted by Gasteiger charge is 2.24. The average molecular weight is 439 g/mol. The van der Waals surface area contributed by atoms with Crippen molar-refractivity contribution in [2.24, 2.45) is 11.5 Å². The molecule has 0 radical (unpaired) electrons. The second-order valence-corrected chi connectivity index (χ2v) is 7.89. The van der Waals surface area contributed by atoms with E-state index in [-0.39, 0.29) is 29.3 Å². The largest absolute Gasteiger partial charge is 0.478 e. The SMILES string of the molecule is CCOc1ccc2cc(Nc3nc(NC4CCCCC4N)c(F)cc3C(N)=O)ccc2n1. The molecule has 0 bridgehead atoms. The molecule has 3 aromatic rings. The van der Waals surface area contributed by atoms with E-state index >= 15 is 0 Å². The summed E-state index contributed by atoms with van der Waals surface area (Å²) in [4.78, 5) is 20.7. The third-order valence-corrected chi connectivity index (χ3v) is 5.60. The minimum Gasteiger partial charge on any atom is -0.478 e. The van der Waals surface area contributed by atoms with Crippen molar-refractivity contribution in [1.29, 1.82) is 0 Å². The number of anilines is 3. The summed E-state index contributed by atoms with van der Waals surface area (Å²) in [5.41, 5.74) is 13.0. The summed E-state index contributed by atoms with van der Waals surface area (Å²) in [6, 6.07) is 10.1. The van der Waals surface area contributed by atoms with E-state index in [0.717, 1.165) is 42.7 Å². The van der Waals surface area contributed by atoms with Crippen LogP contribution >= 0.6 is 0 Å². The van der Waals surface area contributed by atoms with Gasteiger partial charge in [0.2, 0.25) is 5.88 Å². The summed E-state index contributed by atoms with van der Waals surface area (Å²) in [7, 11) is 0. The lowest BCUT2D eigenvalue weighted by molar-refractivity contribution is 0.100. The zero-order chi connectivity index (χ0) is 22.7. The number of halogens is 1. The van der Waals surface area contributed by atoms with E-state index in [1.165, 1.54) is 0 Å². The van der Waals surface area contributed by atoms with Gasteiger partial charge >= 0.3 is 0 Å². The molecule has 4 rings (SSSR count). The summed E-state index contributed by atoms with van der Waals surface area (Å²) in [5, 5.41) is 7.07. The summed E-state index contributed by atoms with van der Waals surface area (Å²) < 4.78 is 20.1. The number of amides is 1. The molecule has 1 aromatic carbocycles. The van der Waals surface area contributed by atoms with E-state index < -0.39 is 11.7 Å². The summed E-state index contributed by atoms with van der Waals surface area (Å²) in [5.74, 6) is -0.654. The molecule has 1 aliphatic carbocycles. The molecule has 1 fully saturated rings. The number of carbonyl (C=O) groups excluding carboxylic acids is 1. The van der Waals surface area contributed by atoms with Crippen LogP contribution in [0.4, 0.5) is 21.7 Å². The number of fused-ring (bicyclic) bond motifs is 1. The molecule has 1 saturated carbocycles. The third-order valence-electron chi connectivity index (χ3n) is 5.60. The number of nitrogens with zero attached hydrogens (tertiary/aromatic N) is 2. The Morgan fingerprint density at radius 3 is 2.72 bits per heavy atom.